The highest BCUT2D eigenvalue weighted by atomic mass is 35.5. The van der Waals surface area contributed by atoms with Gasteiger partial charge in [0, 0.05) is 30.6 Å². The van der Waals surface area contributed by atoms with Crippen LogP contribution in [0.5, 0.6) is 0 Å². The van der Waals surface area contributed by atoms with Crippen molar-refractivity contribution >= 4 is 17.4 Å². The number of ether oxygens (including phenoxy) is 1. The molecule has 28 heavy (non-hydrogen) atoms. The summed E-state index contributed by atoms with van der Waals surface area (Å²) in [4.78, 5) is 19.8. The van der Waals surface area contributed by atoms with Crippen molar-refractivity contribution in [3.05, 3.63) is 51.0 Å². The highest BCUT2D eigenvalue weighted by Gasteiger charge is 2.47. The molecule has 0 bridgehead atoms. The highest BCUT2D eigenvalue weighted by molar-refractivity contribution is 6.33. The SMILES string of the molecule is Cc1cccc(-n2c(C)nc(N3CCC4(CC3)CO[C@@H](C)[C@H]4N)cc2=O)c1Cl. The fraction of sp³-hybridized carbons (Fsp3) is 0.524. The van der Waals surface area contributed by atoms with Crippen LogP contribution in [0.1, 0.15) is 31.2 Å². The molecule has 4 rings (SSSR count). The molecule has 1 spiro atoms. The number of hydrogen-bond acceptors (Lipinski definition) is 5. The zero-order valence-corrected chi connectivity index (χ0v) is 17.4. The minimum absolute atomic E-state index is 0.0506. The van der Waals surface area contributed by atoms with E-state index in [0.29, 0.717) is 16.5 Å². The third-order valence-corrected chi connectivity index (χ3v) is 6.91. The molecule has 2 aliphatic heterocycles. The molecule has 6 nitrogen and oxygen atoms in total. The molecule has 2 aliphatic rings. The molecule has 0 amide bonds. The Morgan fingerprint density at radius 2 is 2.00 bits per heavy atom. The van der Waals surface area contributed by atoms with Crippen molar-refractivity contribution in [2.24, 2.45) is 11.1 Å². The summed E-state index contributed by atoms with van der Waals surface area (Å²) in [6, 6.07) is 7.35. The van der Waals surface area contributed by atoms with Crippen LogP contribution < -0.4 is 16.2 Å². The number of benzene rings is 1. The van der Waals surface area contributed by atoms with Crippen LogP contribution in [0.3, 0.4) is 0 Å². The number of aryl methyl sites for hydroxylation is 2. The van der Waals surface area contributed by atoms with E-state index < -0.39 is 0 Å². The summed E-state index contributed by atoms with van der Waals surface area (Å²) < 4.78 is 7.37. The molecule has 150 valence electrons. The third kappa shape index (κ3) is 3.13. The summed E-state index contributed by atoms with van der Waals surface area (Å²) in [5, 5.41) is 0.575. The Morgan fingerprint density at radius 3 is 2.61 bits per heavy atom. The molecule has 0 saturated carbocycles. The second-order valence-corrected chi connectivity index (χ2v) is 8.51. The molecule has 2 aromatic rings. The van der Waals surface area contributed by atoms with Gasteiger partial charge in [0.25, 0.3) is 5.56 Å². The van der Waals surface area contributed by atoms with E-state index >= 15 is 0 Å². The minimum atomic E-state index is -0.121. The summed E-state index contributed by atoms with van der Waals surface area (Å²) in [6.45, 7) is 8.19. The van der Waals surface area contributed by atoms with E-state index in [9.17, 15) is 4.79 Å². The quantitative estimate of drug-likeness (QED) is 0.836. The van der Waals surface area contributed by atoms with Gasteiger partial charge in [-0.15, -0.1) is 0 Å². The van der Waals surface area contributed by atoms with E-state index in [1.807, 2.05) is 39.0 Å². The number of anilines is 1. The average molecular weight is 403 g/mol. The second kappa shape index (κ2) is 7.17. The lowest BCUT2D eigenvalue weighted by Crippen LogP contribution is -2.51. The number of rotatable bonds is 2. The van der Waals surface area contributed by atoms with Gasteiger partial charge in [-0.25, -0.2) is 4.98 Å². The first-order valence-electron chi connectivity index (χ1n) is 9.81. The average Bonchev–Trinajstić information content (AvgIpc) is 2.94. The minimum Gasteiger partial charge on any atom is -0.376 e. The number of nitrogens with zero attached hydrogens (tertiary/aromatic N) is 3. The van der Waals surface area contributed by atoms with Gasteiger partial charge in [0.2, 0.25) is 0 Å². The largest absolute Gasteiger partial charge is 0.376 e. The monoisotopic (exact) mass is 402 g/mol. The zero-order chi connectivity index (χ0) is 20.1. The highest BCUT2D eigenvalue weighted by Crippen LogP contribution is 2.41. The molecular formula is C21H27ClN4O2. The van der Waals surface area contributed by atoms with Crippen LogP contribution in [0.15, 0.2) is 29.1 Å². The molecular weight excluding hydrogens is 376 g/mol. The second-order valence-electron chi connectivity index (χ2n) is 8.13. The van der Waals surface area contributed by atoms with Gasteiger partial charge in [0.05, 0.1) is 23.4 Å². The molecule has 0 aliphatic carbocycles. The van der Waals surface area contributed by atoms with Crippen molar-refractivity contribution in [3.8, 4) is 5.69 Å². The summed E-state index contributed by atoms with van der Waals surface area (Å²) in [5.41, 5.74) is 7.94. The Bertz CT molecular complexity index is 950. The summed E-state index contributed by atoms with van der Waals surface area (Å²) in [6.07, 6.45) is 2.01. The molecule has 2 N–H and O–H groups in total. The number of aromatic nitrogens is 2. The molecule has 2 atom stereocenters. The topological polar surface area (TPSA) is 73.4 Å². The van der Waals surface area contributed by atoms with E-state index in [0.717, 1.165) is 43.9 Å². The van der Waals surface area contributed by atoms with Gasteiger partial charge in [-0.1, -0.05) is 23.7 Å². The lowest BCUT2D eigenvalue weighted by Gasteiger charge is -2.41. The molecule has 3 heterocycles. The van der Waals surface area contributed by atoms with E-state index in [2.05, 4.69) is 4.90 Å². The van der Waals surface area contributed by atoms with E-state index in [-0.39, 0.29) is 23.1 Å². The van der Waals surface area contributed by atoms with Gasteiger partial charge < -0.3 is 15.4 Å². The molecule has 1 aromatic carbocycles. The normalized spacial score (nSPS) is 24.1. The van der Waals surface area contributed by atoms with Crippen molar-refractivity contribution in [1.29, 1.82) is 0 Å². The molecule has 0 radical (unpaired) electrons. The van der Waals surface area contributed by atoms with E-state index in [1.54, 1.807) is 10.6 Å². The first-order chi connectivity index (χ1) is 13.3. The van der Waals surface area contributed by atoms with Crippen molar-refractivity contribution in [2.45, 2.75) is 45.8 Å². The first-order valence-corrected chi connectivity index (χ1v) is 10.2. The summed E-state index contributed by atoms with van der Waals surface area (Å²) >= 11 is 6.43. The van der Waals surface area contributed by atoms with E-state index in [1.165, 1.54) is 0 Å². The molecule has 2 saturated heterocycles. The van der Waals surface area contributed by atoms with Gasteiger partial charge >= 0.3 is 0 Å². The molecule has 2 fully saturated rings. The van der Waals surface area contributed by atoms with Gasteiger partial charge in [-0.05, 0) is 45.2 Å². The van der Waals surface area contributed by atoms with Crippen molar-refractivity contribution in [2.75, 3.05) is 24.6 Å². The van der Waals surface area contributed by atoms with Crippen LogP contribution in [-0.4, -0.2) is 41.4 Å². The van der Waals surface area contributed by atoms with Gasteiger partial charge in [-0.2, -0.15) is 0 Å². The maximum atomic E-state index is 12.9. The fourth-order valence-electron chi connectivity index (χ4n) is 4.50. The van der Waals surface area contributed by atoms with Gasteiger partial charge in [0.15, 0.2) is 0 Å². The maximum absolute atomic E-state index is 12.9. The maximum Gasteiger partial charge on any atom is 0.260 e. The third-order valence-electron chi connectivity index (χ3n) is 6.41. The predicted molar refractivity (Wildman–Crippen MR) is 112 cm³/mol. The Hall–Kier alpha value is -1.89. The number of hydrogen-bond donors (Lipinski definition) is 1. The Morgan fingerprint density at radius 1 is 1.29 bits per heavy atom. The Balaban J connectivity index is 1.60. The molecule has 0 unspecified atom stereocenters. The number of halogens is 1. The zero-order valence-electron chi connectivity index (χ0n) is 16.6. The van der Waals surface area contributed by atoms with Crippen LogP contribution in [0.4, 0.5) is 5.82 Å². The molecule has 7 heteroatoms. The number of piperidine rings is 1. The standard InChI is InChI=1S/C21H27ClN4O2/c1-13-5-4-6-16(19(13)22)26-15(3)24-17(11-18(26)27)25-9-7-21(8-10-25)12-28-14(2)20(21)23/h4-6,11,14,20H,7-10,12,23H2,1-3H3/t14-,20+/m0/s1. The van der Waals surface area contributed by atoms with E-state index in [4.69, 9.17) is 27.1 Å². The van der Waals surface area contributed by atoms with Crippen LogP contribution in [0.25, 0.3) is 5.69 Å². The lowest BCUT2D eigenvalue weighted by atomic mass is 9.73. The first kappa shape index (κ1) is 19.4. The van der Waals surface area contributed by atoms with Gasteiger partial charge in [-0.3, -0.25) is 9.36 Å². The Kier molecular flexibility index (Phi) is 4.98. The summed E-state index contributed by atoms with van der Waals surface area (Å²) in [5.74, 6) is 1.35. The smallest absolute Gasteiger partial charge is 0.260 e. The van der Waals surface area contributed by atoms with Crippen LogP contribution in [0, 0.1) is 19.3 Å². The predicted octanol–water partition coefficient (Wildman–Crippen LogP) is 2.84. The number of nitrogens with two attached hydrogens (primary N) is 1. The molecule has 1 aromatic heterocycles. The van der Waals surface area contributed by atoms with Crippen molar-refractivity contribution in [3.63, 3.8) is 0 Å². The fourth-order valence-corrected chi connectivity index (χ4v) is 4.71. The van der Waals surface area contributed by atoms with Crippen molar-refractivity contribution < 1.29 is 4.74 Å². The van der Waals surface area contributed by atoms with Crippen LogP contribution in [0.2, 0.25) is 5.02 Å². The van der Waals surface area contributed by atoms with Gasteiger partial charge in [0.1, 0.15) is 11.6 Å². The van der Waals surface area contributed by atoms with Crippen LogP contribution in [-0.2, 0) is 4.74 Å². The Labute approximate surface area is 170 Å². The summed E-state index contributed by atoms with van der Waals surface area (Å²) in [7, 11) is 0. The lowest BCUT2D eigenvalue weighted by molar-refractivity contribution is 0.0974. The van der Waals surface area contributed by atoms with Crippen molar-refractivity contribution in [1.82, 2.24) is 9.55 Å². The van der Waals surface area contributed by atoms with Crippen LogP contribution >= 0.6 is 11.6 Å².